The number of nitrogens with two attached hydrogens (primary N) is 1. The lowest BCUT2D eigenvalue weighted by Crippen LogP contribution is -2.35. The molecule has 1 rings (SSSR count). The molecule has 0 aliphatic carbocycles. The minimum absolute atomic E-state index is 0.0954. The molecule has 0 spiro atoms. The van der Waals surface area contributed by atoms with Crippen molar-refractivity contribution in [1.82, 2.24) is 15.5 Å². The number of H-pyrrole nitrogens is 1. The number of hydrogen-bond acceptors (Lipinski definition) is 4. The highest BCUT2D eigenvalue weighted by Crippen LogP contribution is 2.14. The highest BCUT2D eigenvalue weighted by atomic mass is 16.3. The van der Waals surface area contributed by atoms with Crippen LogP contribution in [0.2, 0.25) is 0 Å². The van der Waals surface area contributed by atoms with Gasteiger partial charge in [-0.3, -0.25) is 9.89 Å². The third-order valence-corrected chi connectivity index (χ3v) is 2.69. The van der Waals surface area contributed by atoms with Crippen LogP contribution in [-0.2, 0) is 6.42 Å². The summed E-state index contributed by atoms with van der Waals surface area (Å²) in [5, 5.41) is 18.8. The first-order valence-corrected chi connectivity index (χ1v) is 5.76. The molecule has 5 N–H and O–H groups in total. The number of nitrogens with zero attached hydrogens (tertiary/aromatic N) is 1. The van der Waals surface area contributed by atoms with Crippen LogP contribution in [0.25, 0.3) is 0 Å². The van der Waals surface area contributed by atoms with Crippen molar-refractivity contribution in [2.45, 2.75) is 33.3 Å². The molecule has 0 saturated heterocycles. The van der Waals surface area contributed by atoms with E-state index in [0.29, 0.717) is 12.1 Å². The zero-order chi connectivity index (χ0) is 13.0. The minimum atomic E-state index is -0.565. The van der Waals surface area contributed by atoms with Crippen LogP contribution in [0.4, 0.5) is 5.69 Å². The molecule has 1 aromatic rings. The first kappa shape index (κ1) is 13.5. The van der Waals surface area contributed by atoms with Gasteiger partial charge in [-0.05, 0) is 12.3 Å². The monoisotopic (exact) mass is 240 g/mol. The predicted octanol–water partition coefficient (Wildman–Crippen LogP) is 0.301. The Balaban J connectivity index is 2.61. The summed E-state index contributed by atoms with van der Waals surface area (Å²) >= 11 is 0. The van der Waals surface area contributed by atoms with Gasteiger partial charge in [0.1, 0.15) is 0 Å². The molecule has 1 aromatic heterocycles. The Bertz CT molecular complexity index is 387. The van der Waals surface area contributed by atoms with Gasteiger partial charge in [-0.2, -0.15) is 5.10 Å². The SMILES string of the molecule is CCc1[nH]nc(C(=O)NCC(O)C(C)C)c1N. The zero-order valence-electron chi connectivity index (χ0n) is 10.4. The van der Waals surface area contributed by atoms with Crippen molar-refractivity contribution >= 4 is 11.6 Å². The molecule has 1 unspecified atom stereocenters. The maximum absolute atomic E-state index is 11.7. The van der Waals surface area contributed by atoms with Crippen LogP contribution in [0, 0.1) is 5.92 Å². The maximum atomic E-state index is 11.7. The van der Waals surface area contributed by atoms with Crippen molar-refractivity contribution < 1.29 is 9.90 Å². The fourth-order valence-corrected chi connectivity index (χ4v) is 1.35. The van der Waals surface area contributed by atoms with E-state index in [4.69, 9.17) is 5.73 Å². The zero-order valence-corrected chi connectivity index (χ0v) is 10.4. The number of nitrogens with one attached hydrogen (secondary N) is 2. The summed E-state index contributed by atoms with van der Waals surface area (Å²) in [7, 11) is 0. The van der Waals surface area contributed by atoms with Crippen molar-refractivity contribution in [3.63, 3.8) is 0 Å². The summed E-state index contributed by atoms with van der Waals surface area (Å²) in [6, 6.07) is 0. The van der Waals surface area contributed by atoms with Crippen molar-refractivity contribution in [3.8, 4) is 0 Å². The lowest BCUT2D eigenvalue weighted by atomic mass is 10.1. The Kier molecular flexibility index (Phi) is 4.51. The van der Waals surface area contributed by atoms with E-state index in [2.05, 4.69) is 15.5 Å². The second-order valence-electron chi connectivity index (χ2n) is 4.34. The number of aromatic nitrogens is 2. The van der Waals surface area contributed by atoms with Crippen LogP contribution in [0.15, 0.2) is 0 Å². The first-order valence-electron chi connectivity index (χ1n) is 5.76. The third-order valence-electron chi connectivity index (χ3n) is 2.69. The van der Waals surface area contributed by atoms with Gasteiger partial charge in [-0.25, -0.2) is 0 Å². The standard InChI is InChI=1S/C11H20N4O2/c1-4-7-9(12)10(15-14-7)11(17)13-5-8(16)6(2)3/h6,8,16H,4-5,12H2,1-3H3,(H,13,17)(H,14,15). The van der Waals surface area contributed by atoms with Gasteiger partial charge >= 0.3 is 0 Å². The summed E-state index contributed by atoms with van der Waals surface area (Å²) in [6.07, 6.45) is 0.130. The van der Waals surface area contributed by atoms with Crippen LogP contribution >= 0.6 is 0 Å². The van der Waals surface area contributed by atoms with Crippen molar-refractivity contribution in [3.05, 3.63) is 11.4 Å². The van der Waals surface area contributed by atoms with Gasteiger partial charge < -0.3 is 16.2 Å². The van der Waals surface area contributed by atoms with Gasteiger partial charge in [-0.15, -0.1) is 0 Å². The minimum Gasteiger partial charge on any atom is -0.395 e. The third kappa shape index (κ3) is 3.20. The summed E-state index contributed by atoms with van der Waals surface area (Å²) in [5.41, 5.74) is 7.08. The van der Waals surface area contributed by atoms with Crippen molar-refractivity contribution in [1.29, 1.82) is 0 Å². The smallest absolute Gasteiger partial charge is 0.274 e. The van der Waals surface area contributed by atoms with E-state index in [0.717, 1.165) is 5.69 Å². The number of aliphatic hydroxyl groups excluding tert-OH is 1. The molecule has 0 aliphatic heterocycles. The lowest BCUT2D eigenvalue weighted by Gasteiger charge is -2.14. The fourth-order valence-electron chi connectivity index (χ4n) is 1.35. The number of nitrogen functional groups attached to an aromatic ring is 1. The summed E-state index contributed by atoms with van der Waals surface area (Å²) in [5.74, 6) is -0.267. The number of aromatic amines is 1. The van der Waals surface area contributed by atoms with E-state index in [1.807, 2.05) is 20.8 Å². The topological polar surface area (TPSA) is 104 Å². The van der Waals surface area contributed by atoms with Crippen LogP contribution in [-0.4, -0.2) is 33.9 Å². The quantitative estimate of drug-likeness (QED) is 0.594. The highest BCUT2D eigenvalue weighted by molar-refractivity contribution is 5.97. The Morgan fingerprint density at radius 1 is 1.59 bits per heavy atom. The van der Waals surface area contributed by atoms with Gasteiger partial charge in [-0.1, -0.05) is 20.8 Å². The molecule has 6 nitrogen and oxygen atoms in total. The average molecular weight is 240 g/mol. The van der Waals surface area contributed by atoms with Crippen LogP contribution < -0.4 is 11.1 Å². The Hall–Kier alpha value is -1.56. The molecule has 17 heavy (non-hydrogen) atoms. The Labute approximate surface area is 101 Å². The maximum Gasteiger partial charge on any atom is 0.274 e. The van der Waals surface area contributed by atoms with Crippen LogP contribution in [0.1, 0.15) is 37.0 Å². The molecule has 0 saturated carbocycles. The molecule has 1 atom stereocenters. The summed E-state index contributed by atoms with van der Waals surface area (Å²) in [4.78, 5) is 11.7. The number of aryl methyl sites for hydroxylation is 1. The highest BCUT2D eigenvalue weighted by Gasteiger charge is 2.17. The number of rotatable bonds is 5. The van der Waals surface area contributed by atoms with Crippen molar-refractivity contribution in [2.75, 3.05) is 12.3 Å². The molecule has 1 heterocycles. The molecular weight excluding hydrogens is 220 g/mol. The molecule has 0 bridgehead atoms. The van der Waals surface area contributed by atoms with Crippen LogP contribution in [0.5, 0.6) is 0 Å². The van der Waals surface area contributed by atoms with E-state index in [1.165, 1.54) is 0 Å². The second-order valence-corrected chi connectivity index (χ2v) is 4.34. The largest absolute Gasteiger partial charge is 0.395 e. The Morgan fingerprint density at radius 3 is 2.71 bits per heavy atom. The number of aliphatic hydroxyl groups is 1. The first-order chi connectivity index (χ1) is 7.97. The average Bonchev–Trinajstić information content (AvgIpc) is 2.66. The fraction of sp³-hybridized carbons (Fsp3) is 0.636. The normalized spacial score (nSPS) is 12.8. The lowest BCUT2D eigenvalue weighted by molar-refractivity contribution is 0.0868. The second kappa shape index (κ2) is 5.67. The summed E-state index contributed by atoms with van der Waals surface area (Å²) in [6.45, 7) is 5.89. The van der Waals surface area contributed by atoms with E-state index < -0.39 is 6.10 Å². The molecule has 1 amide bonds. The van der Waals surface area contributed by atoms with E-state index in [9.17, 15) is 9.90 Å². The van der Waals surface area contributed by atoms with Gasteiger partial charge in [0.2, 0.25) is 0 Å². The molecule has 0 radical (unpaired) electrons. The molecule has 0 aliphatic rings. The van der Waals surface area contributed by atoms with E-state index in [-0.39, 0.29) is 24.1 Å². The number of amides is 1. The van der Waals surface area contributed by atoms with Crippen molar-refractivity contribution in [2.24, 2.45) is 5.92 Å². The van der Waals surface area contributed by atoms with Gasteiger partial charge in [0, 0.05) is 6.54 Å². The molecule has 6 heteroatoms. The van der Waals surface area contributed by atoms with E-state index in [1.54, 1.807) is 0 Å². The predicted molar refractivity (Wildman–Crippen MR) is 65.6 cm³/mol. The summed E-state index contributed by atoms with van der Waals surface area (Å²) < 4.78 is 0. The molecule has 96 valence electrons. The number of carbonyl (C=O) groups is 1. The number of anilines is 1. The van der Waals surface area contributed by atoms with E-state index >= 15 is 0 Å². The Morgan fingerprint density at radius 2 is 2.24 bits per heavy atom. The van der Waals surface area contributed by atoms with Gasteiger partial charge in [0.05, 0.1) is 17.5 Å². The molecular formula is C11H20N4O2. The number of hydrogen-bond donors (Lipinski definition) is 4. The molecule has 0 aromatic carbocycles. The molecule has 0 fully saturated rings. The van der Waals surface area contributed by atoms with Crippen LogP contribution in [0.3, 0.4) is 0 Å². The number of carbonyl (C=O) groups excluding carboxylic acids is 1. The van der Waals surface area contributed by atoms with Gasteiger partial charge in [0.25, 0.3) is 5.91 Å². The van der Waals surface area contributed by atoms with Gasteiger partial charge in [0.15, 0.2) is 5.69 Å².